The fourth-order valence-corrected chi connectivity index (χ4v) is 1.57. The molecule has 0 spiro atoms. The molecule has 1 aliphatic rings. The van der Waals surface area contributed by atoms with Gasteiger partial charge in [0.2, 0.25) is 0 Å². The fourth-order valence-electron chi connectivity index (χ4n) is 1.57. The smallest absolute Gasteiger partial charge is 0.253 e. The molecule has 0 amide bonds. The number of piperidine rings is 1. The first kappa shape index (κ1) is 11.3. The predicted molar refractivity (Wildman–Crippen MR) is 51.7 cm³/mol. The highest BCUT2D eigenvalue weighted by Gasteiger charge is 2.36. The number of ether oxygens (including phenoxy) is 1. The van der Waals surface area contributed by atoms with E-state index in [0.29, 0.717) is 5.88 Å². The van der Waals surface area contributed by atoms with Crippen molar-refractivity contribution < 1.29 is 20.1 Å². The van der Waals surface area contributed by atoms with Gasteiger partial charge in [-0.1, -0.05) is 0 Å². The zero-order valence-corrected chi connectivity index (χ0v) is 8.45. The largest absolute Gasteiger partial charge is 0.474 e. The second-order valence-corrected chi connectivity index (χ2v) is 3.68. The molecule has 1 fully saturated rings. The van der Waals surface area contributed by atoms with Crippen LogP contribution in [0.1, 0.15) is 0 Å². The number of rotatable bonds is 3. The molecule has 1 aliphatic heterocycles. The molecule has 8 nitrogen and oxygen atoms in total. The first-order valence-electron chi connectivity index (χ1n) is 4.94. The lowest BCUT2D eigenvalue weighted by molar-refractivity contribution is -0.0993. The van der Waals surface area contributed by atoms with Gasteiger partial charge in [0.1, 0.15) is 25.0 Å². The topological polar surface area (TPSA) is 124 Å². The molecule has 8 heteroatoms. The Bertz CT molecular complexity index is 320. The van der Waals surface area contributed by atoms with Crippen LogP contribution in [0.5, 0.6) is 5.88 Å². The second kappa shape index (κ2) is 4.74. The molecule has 2 heterocycles. The average Bonchev–Trinajstić information content (AvgIpc) is 2.78. The van der Waals surface area contributed by atoms with Crippen LogP contribution in [0.15, 0.2) is 6.20 Å². The van der Waals surface area contributed by atoms with Crippen molar-refractivity contribution in [3.63, 3.8) is 0 Å². The highest BCUT2D eigenvalue weighted by molar-refractivity contribution is 4.99. The van der Waals surface area contributed by atoms with Crippen molar-refractivity contribution in [2.75, 3.05) is 13.2 Å². The Labute approximate surface area is 91.2 Å². The number of hydrogen-bond donors (Lipinski definition) is 5. The van der Waals surface area contributed by atoms with Crippen molar-refractivity contribution in [3.8, 4) is 5.88 Å². The summed E-state index contributed by atoms with van der Waals surface area (Å²) in [6, 6.07) is -0.449. The van der Waals surface area contributed by atoms with E-state index in [1.807, 2.05) is 0 Å². The summed E-state index contributed by atoms with van der Waals surface area (Å²) < 4.78 is 5.22. The normalized spacial score (nSPS) is 34.9. The van der Waals surface area contributed by atoms with E-state index in [2.05, 4.69) is 20.7 Å². The Morgan fingerprint density at radius 3 is 2.88 bits per heavy atom. The number of nitrogens with one attached hydrogen (secondary N) is 2. The number of aliphatic hydroxyl groups is 3. The molecule has 16 heavy (non-hydrogen) atoms. The highest BCUT2D eigenvalue weighted by Crippen LogP contribution is 2.11. The number of β-amino-alcohol motifs (C(OH)–C–C–N with tert-alkyl or cyclic N) is 1. The van der Waals surface area contributed by atoms with Gasteiger partial charge in [0.25, 0.3) is 5.88 Å². The Morgan fingerprint density at radius 1 is 1.38 bits per heavy atom. The van der Waals surface area contributed by atoms with Crippen molar-refractivity contribution >= 4 is 0 Å². The van der Waals surface area contributed by atoms with Gasteiger partial charge >= 0.3 is 0 Å². The van der Waals surface area contributed by atoms with Crippen molar-refractivity contribution in [1.82, 2.24) is 20.7 Å². The number of hydrogen-bond acceptors (Lipinski definition) is 7. The summed E-state index contributed by atoms with van der Waals surface area (Å²) in [6.07, 6.45) is -1.79. The Hall–Kier alpha value is -1.22. The van der Waals surface area contributed by atoms with Crippen LogP contribution >= 0.6 is 0 Å². The van der Waals surface area contributed by atoms with E-state index >= 15 is 0 Å². The Kier molecular flexibility index (Phi) is 3.34. The van der Waals surface area contributed by atoms with Gasteiger partial charge < -0.3 is 25.4 Å². The van der Waals surface area contributed by atoms with E-state index in [-0.39, 0.29) is 13.2 Å². The van der Waals surface area contributed by atoms with Gasteiger partial charge in [0.05, 0.1) is 12.1 Å². The molecule has 2 rings (SSSR count). The summed E-state index contributed by atoms with van der Waals surface area (Å²) in [5.41, 5.74) is 0. The van der Waals surface area contributed by atoms with Gasteiger partial charge in [0.15, 0.2) is 0 Å². The predicted octanol–water partition coefficient (Wildman–Crippen LogP) is -2.76. The quantitative estimate of drug-likeness (QED) is 0.381. The van der Waals surface area contributed by atoms with Gasteiger partial charge in [-0.05, 0) is 0 Å². The van der Waals surface area contributed by atoms with Gasteiger partial charge in [-0.2, -0.15) is 10.3 Å². The monoisotopic (exact) mass is 230 g/mol. The standard InChI is InChI=1S/C8H14N4O4/c13-5-1-9-4(7(14)8(5)15)3-16-6-2-10-12-11-6/h2,4-5,7-9,13-15H,1,3H2,(H,10,11,12)/t4?,5-,7+,8+/m0/s1. The summed E-state index contributed by atoms with van der Waals surface area (Å²) in [4.78, 5) is 0. The number of H-pyrrole nitrogens is 1. The van der Waals surface area contributed by atoms with Gasteiger partial charge in [-0.25, -0.2) is 0 Å². The van der Waals surface area contributed by atoms with Gasteiger partial charge in [-0.3, -0.25) is 0 Å². The van der Waals surface area contributed by atoms with E-state index in [1.165, 1.54) is 6.20 Å². The first-order valence-corrected chi connectivity index (χ1v) is 4.94. The maximum absolute atomic E-state index is 9.64. The molecular formula is C8H14N4O4. The van der Waals surface area contributed by atoms with Crippen LogP contribution in [-0.2, 0) is 0 Å². The molecule has 1 unspecified atom stereocenters. The molecule has 0 aliphatic carbocycles. The molecule has 1 aromatic rings. The van der Waals surface area contributed by atoms with E-state index in [4.69, 9.17) is 4.74 Å². The molecular weight excluding hydrogens is 216 g/mol. The molecule has 4 atom stereocenters. The Morgan fingerprint density at radius 2 is 2.19 bits per heavy atom. The van der Waals surface area contributed by atoms with Gasteiger partial charge in [-0.15, -0.1) is 5.10 Å². The summed E-state index contributed by atoms with van der Waals surface area (Å²) in [5, 5.41) is 40.9. The summed E-state index contributed by atoms with van der Waals surface area (Å²) in [5.74, 6) is 0.314. The molecule has 0 bridgehead atoms. The lowest BCUT2D eigenvalue weighted by atomic mass is 9.97. The van der Waals surface area contributed by atoms with Crippen LogP contribution in [0.4, 0.5) is 0 Å². The summed E-state index contributed by atoms with van der Waals surface area (Å²) >= 11 is 0. The Balaban J connectivity index is 1.86. The van der Waals surface area contributed by atoms with Crippen LogP contribution in [0, 0.1) is 0 Å². The van der Waals surface area contributed by atoms with Crippen LogP contribution in [-0.4, -0.2) is 68.2 Å². The SMILES string of the molecule is O[C@H]1[C@H](O)C(COc2cn[nH]n2)NC[C@@H]1O. The second-order valence-electron chi connectivity index (χ2n) is 3.68. The third kappa shape index (κ3) is 2.30. The summed E-state index contributed by atoms with van der Waals surface area (Å²) in [6.45, 7) is 0.350. The lowest BCUT2D eigenvalue weighted by Crippen LogP contribution is -2.61. The van der Waals surface area contributed by atoms with Crippen LogP contribution < -0.4 is 10.1 Å². The highest BCUT2D eigenvalue weighted by atomic mass is 16.5. The maximum atomic E-state index is 9.64. The minimum atomic E-state index is -1.16. The third-order valence-electron chi connectivity index (χ3n) is 2.55. The van der Waals surface area contributed by atoms with Crippen molar-refractivity contribution in [2.24, 2.45) is 0 Å². The van der Waals surface area contributed by atoms with Crippen LogP contribution in [0.25, 0.3) is 0 Å². The number of nitrogens with zero attached hydrogens (tertiary/aromatic N) is 2. The van der Waals surface area contributed by atoms with Crippen molar-refractivity contribution in [3.05, 3.63) is 6.20 Å². The number of aromatic amines is 1. The van der Waals surface area contributed by atoms with Gasteiger partial charge in [0, 0.05) is 6.54 Å². The molecule has 1 aromatic heterocycles. The van der Waals surface area contributed by atoms with E-state index in [0.717, 1.165) is 0 Å². The molecule has 0 saturated carbocycles. The molecule has 0 aromatic carbocycles. The van der Waals surface area contributed by atoms with Crippen LogP contribution in [0.3, 0.4) is 0 Å². The minimum absolute atomic E-state index is 0.136. The molecule has 5 N–H and O–H groups in total. The van der Waals surface area contributed by atoms with E-state index in [1.54, 1.807) is 0 Å². The average molecular weight is 230 g/mol. The zero-order valence-electron chi connectivity index (χ0n) is 8.45. The molecule has 1 saturated heterocycles. The molecule has 0 radical (unpaired) electrons. The number of aromatic nitrogens is 3. The first-order chi connectivity index (χ1) is 7.68. The van der Waals surface area contributed by atoms with Crippen molar-refractivity contribution in [1.29, 1.82) is 0 Å². The molecule has 90 valence electrons. The lowest BCUT2D eigenvalue weighted by Gasteiger charge is -2.35. The van der Waals surface area contributed by atoms with E-state index in [9.17, 15) is 15.3 Å². The summed E-state index contributed by atoms with van der Waals surface area (Å²) in [7, 11) is 0. The van der Waals surface area contributed by atoms with E-state index < -0.39 is 24.4 Å². The minimum Gasteiger partial charge on any atom is -0.474 e. The maximum Gasteiger partial charge on any atom is 0.253 e. The third-order valence-corrected chi connectivity index (χ3v) is 2.55. The fraction of sp³-hybridized carbons (Fsp3) is 0.750. The zero-order chi connectivity index (χ0) is 11.5. The van der Waals surface area contributed by atoms with Crippen molar-refractivity contribution in [2.45, 2.75) is 24.4 Å². The number of aliphatic hydroxyl groups excluding tert-OH is 3. The van der Waals surface area contributed by atoms with Crippen LogP contribution in [0.2, 0.25) is 0 Å².